The van der Waals surface area contributed by atoms with E-state index in [9.17, 15) is 15.3 Å². The zero-order valence-electron chi connectivity index (χ0n) is 10.9. The molecule has 0 amide bonds. The molecule has 20 heavy (non-hydrogen) atoms. The van der Waals surface area contributed by atoms with Gasteiger partial charge in [-0.25, -0.2) is 0 Å². The number of hydrogen-bond donors (Lipinski definition) is 3. The summed E-state index contributed by atoms with van der Waals surface area (Å²) >= 11 is 0. The van der Waals surface area contributed by atoms with Crippen LogP contribution in [0.5, 0.6) is 5.75 Å². The highest BCUT2D eigenvalue weighted by atomic mass is 16.3. The van der Waals surface area contributed by atoms with E-state index >= 15 is 0 Å². The highest BCUT2D eigenvalue weighted by molar-refractivity contribution is 5.83. The van der Waals surface area contributed by atoms with Crippen LogP contribution in [-0.4, -0.2) is 34.2 Å². The number of para-hydroxylation sites is 1. The number of phenolic OH excluding ortho intramolecular Hbond substituents is 1. The van der Waals surface area contributed by atoms with Gasteiger partial charge in [-0.15, -0.1) is 0 Å². The second kappa shape index (κ2) is 6.84. The quantitative estimate of drug-likeness (QED) is 0.727. The van der Waals surface area contributed by atoms with Crippen LogP contribution < -0.4 is 0 Å². The first-order valence-electron chi connectivity index (χ1n) is 6.37. The lowest BCUT2D eigenvalue weighted by Crippen LogP contribution is -2.21. The summed E-state index contributed by atoms with van der Waals surface area (Å²) in [5.41, 5.74) is 1.24. The van der Waals surface area contributed by atoms with Gasteiger partial charge in [-0.3, -0.25) is 4.99 Å². The molecular weight excluding hydrogens is 254 g/mol. The van der Waals surface area contributed by atoms with E-state index in [1.54, 1.807) is 36.4 Å². The third-order valence-corrected chi connectivity index (χ3v) is 3.03. The predicted octanol–water partition coefficient (Wildman–Crippen LogP) is 1.91. The number of aliphatic hydroxyl groups is 2. The van der Waals surface area contributed by atoms with E-state index in [0.717, 1.165) is 0 Å². The number of aliphatic hydroxyl groups excluding tert-OH is 2. The summed E-state index contributed by atoms with van der Waals surface area (Å²) < 4.78 is 0. The summed E-state index contributed by atoms with van der Waals surface area (Å²) in [6, 6.07) is 15.2. The van der Waals surface area contributed by atoms with Crippen molar-refractivity contribution in [1.29, 1.82) is 0 Å². The fourth-order valence-corrected chi connectivity index (χ4v) is 1.87. The lowest BCUT2D eigenvalue weighted by molar-refractivity contribution is 0.111. The van der Waals surface area contributed by atoms with Crippen molar-refractivity contribution in [3.63, 3.8) is 0 Å². The number of rotatable bonds is 5. The SMILES string of the molecule is OCC(N=Cc1ccccc1O)C(O)c1ccccc1. The lowest BCUT2D eigenvalue weighted by Gasteiger charge is -2.17. The Kier molecular flexibility index (Phi) is 4.87. The average molecular weight is 271 g/mol. The average Bonchev–Trinajstić information content (AvgIpc) is 2.50. The normalized spacial score (nSPS) is 14.3. The number of benzene rings is 2. The molecule has 0 aliphatic rings. The third-order valence-electron chi connectivity index (χ3n) is 3.03. The second-order valence-corrected chi connectivity index (χ2v) is 4.44. The minimum Gasteiger partial charge on any atom is -0.507 e. The molecule has 0 aromatic heterocycles. The van der Waals surface area contributed by atoms with Crippen molar-refractivity contribution in [3.8, 4) is 5.75 Å². The molecule has 2 rings (SSSR count). The van der Waals surface area contributed by atoms with Crippen molar-refractivity contribution in [3.05, 3.63) is 65.7 Å². The molecule has 3 N–H and O–H groups in total. The molecule has 0 saturated heterocycles. The Balaban J connectivity index is 2.15. The first kappa shape index (κ1) is 14.2. The van der Waals surface area contributed by atoms with Crippen LogP contribution in [0.2, 0.25) is 0 Å². The van der Waals surface area contributed by atoms with Gasteiger partial charge >= 0.3 is 0 Å². The molecule has 0 saturated carbocycles. The Hall–Kier alpha value is -2.17. The van der Waals surface area contributed by atoms with Gasteiger partial charge in [0.25, 0.3) is 0 Å². The van der Waals surface area contributed by atoms with Gasteiger partial charge in [-0.2, -0.15) is 0 Å². The number of aliphatic imine (C=N–C) groups is 1. The molecule has 2 aromatic carbocycles. The topological polar surface area (TPSA) is 73.1 Å². The van der Waals surface area contributed by atoms with Crippen molar-refractivity contribution in [2.45, 2.75) is 12.1 Å². The van der Waals surface area contributed by atoms with Gasteiger partial charge in [0.2, 0.25) is 0 Å². The van der Waals surface area contributed by atoms with Gasteiger partial charge in [0, 0.05) is 11.8 Å². The number of nitrogens with zero attached hydrogens (tertiary/aromatic N) is 1. The maximum Gasteiger partial charge on any atom is 0.124 e. The van der Waals surface area contributed by atoms with E-state index in [1.165, 1.54) is 6.21 Å². The summed E-state index contributed by atoms with van der Waals surface area (Å²) in [7, 11) is 0. The molecule has 0 radical (unpaired) electrons. The Morgan fingerprint density at radius 1 is 1.00 bits per heavy atom. The smallest absolute Gasteiger partial charge is 0.124 e. The van der Waals surface area contributed by atoms with E-state index in [4.69, 9.17) is 0 Å². The fourth-order valence-electron chi connectivity index (χ4n) is 1.87. The second-order valence-electron chi connectivity index (χ2n) is 4.44. The van der Waals surface area contributed by atoms with Gasteiger partial charge < -0.3 is 15.3 Å². The molecule has 0 spiro atoms. The molecule has 4 heteroatoms. The van der Waals surface area contributed by atoms with Crippen LogP contribution in [0, 0.1) is 0 Å². The molecule has 2 aromatic rings. The van der Waals surface area contributed by atoms with Gasteiger partial charge in [-0.1, -0.05) is 42.5 Å². The monoisotopic (exact) mass is 271 g/mol. The Morgan fingerprint density at radius 3 is 2.30 bits per heavy atom. The van der Waals surface area contributed by atoms with Crippen LogP contribution in [0.4, 0.5) is 0 Å². The Morgan fingerprint density at radius 2 is 1.65 bits per heavy atom. The molecule has 4 nitrogen and oxygen atoms in total. The molecule has 2 unspecified atom stereocenters. The van der Waals surface area contributed by atoms with E-state index in [0.29, 0.717) is 11.1 Å². The molecule has 0 heterocycles. The Labute approximate surface area is 117 Å². The fraction of sp³-hybridized carbons (Fsp3) is 0.188. The van der Waals surface area contributed by atoms with E-state index in [1.807, 2.05) is 18.2 Å². The van der Waals surface area contributed by atoms with Crippen molar-refractivity contribution in [2.75, 3.05) is 6.61 Å². The summed E-state index contributed by atoms with van der Waals surface area (Å²) in [6.07, 6.45) is 0.575. The molecule has 104 valence electrons. The molecule has 0 aliphatic heterocycles. The van der Waals surface area contributed by atoms with Crippen molar-refractivity contribution < 1.29 is 15.3 Å². The molecule has 0 fully saturated rings. The summed E-state index contributed by atoms with van der Waals surface area (Å²) in [5.74, 6) is 0.113. The van der Waals surface area contributed by atoms with Crippen LogP contribution in [-0.2, 0) is 0 Å². The van der Waals surface area contributed by atoms with E-state index in [-0.39, 0.29) is 12.4 Å². The van der Waals surface area contributed by atoms with E-state index < -0.39 is 12.1 Å². The Bertz CT molecular complexity index is 569. The van der Waals surface area contributed by atoms with Gasteiger partial charge in [0.15, 0.2) is 0 Å². The van der Waals surface area contributed by atoms with Crippen molar-refractivity contribution in [1.82, 2.24) is 0 Å². The molecule has 0 aliphatic carbocycles. The molecular formula is C16H17NO3. The highest BCUT2D eigenvalue weighted by Crippen LogP contribution is 2.19. The van der Waals surface area contributed by atoms with E-state index in [2.05, 4.69) is 4.99 Å². The maximum atomic E-state index is 10.2. The van der Waals surface area contributed by atoms with Crippen LogP contribution in [0.15, 0.2) is 59.6 Å². The van der Waals surface area contributed by atoms with Gasteiger partial charge in [-0.05, 0) is 17.7 Å². The zero-order chi connectivity index (χ0) is 14.4. The first-order chi connectivity index (χ1) is 9.72. The lowest BCUT2D eigenvalue weighted by atomic mass is 10.0. The standard InChI is InChI=1S/C16H17NO3/c18-11-14(16(20)12-6-2-1-3-7-12)17-10-13-8-4-5-9-15(13)19/h1-10,14,16,18-20H,11H2. The van der Waals surface area contributed by atoms with Gasteiger partial charge in [0.1, 0.15) is 17.9 Å². The van der Waals surface area contributed by atoms with Crippen LogP contribution in [0.1, 0.15) is 17.2 Å². The minimum absolute atomic E-state index is 0.113. The third kappa shape index (κ3) is 3.44. The van der Waals surface area contributed by atoms with Crippen LogP contribution in [0.3, 0.4) is 0 Å². The maximum absolute atomic E-state index is 10.2. The van der Waals surface area contributed by atoms with Gasteiger partial charge in [0.05, 0.1) is 6.61 Å². The predicted molar refractivity (Wildman–Crippen MR) is 78.0 cm³/mol. The van der Waals surface area contributed by atoms with Crippen molar-refractivity contribution >= 4 is 6.21 Å². The first-order valence-corrected chi connectivity index (χ1v) is 6.37. The number of phenols is 1. The minimum atomic E-state index is -0.886. The summed E-state index contributed by atoms with van der Waals surface area (Å²) in [6.45, 7) is -0.278. The zero-order valence-corrected chi connectivity index (χ0v) is 10.9. The highest BCUT2D eigenvalue weighted by Gasteiger charge is 2.18. The summed E-state index contributed by atoms with van der Waals surface area (Å²) in [4.78, 5) is 4.16. The number of hydrogen-bond acceptors (Lipinski definition) is 4. The summed E-state index contributed by atoms with van der Waals surface area (Å²) in [5, 5.41) is 29.2. The van der Waals surface area contributed by atoms with Crippen LogP contribution >= 0.6 is 0 Å². The van der Waals surface area contributed by atoms with Crippen molar-refractivity contribution in [2.24, 2.45) is 4.99 Å². The molecule has 0 bridgehead atoms. The molecule has 2 atom stereocenters. The number of aromatic hydroxyl groups is 1. The van der Waals surface area contributed by atoms with Crippen LogP contribution in [0.25, 0.3) is 0 Å². The largest absolute Gasteiger partial charge is 0.507 e.